The number of halogens is 3. The Morgan fingerprint density at radius 3 is 2.86 bits per heavy atom. The van der Waals surface area contributed by atoms with Gasteiger partial charge in [0.1, 0.15) is 5.75 Å². The lowest BCUT2D eigenvalue weighted by molar-refractivity contribution is -0.136. The topological polar surface area (TPSA) is 21.3 Å². The van der Waals surface area contributed by atoms with Gasteiger partial charge in [-0.15, -0.1) is 0 Å². The van der Waals surface area contributed by atoms with E-state index in [-0.39, 0.29) is 13.0 Å². The van der Waals surface area contributed by atoms with E-state index in [0.29, 0.717) is 11.8 Å². The van der Waals surface area contributed by atoms with Crippen LogP contribution < -0.4 is 10.1 Å². The van der Waals surface area contributed by atoms with E-state index in [1.165, 1.54) is 11.1 Å². The summed E-state index contributed by atoms with van der Waals surface area (Å²) in [5.74, 6) is 0.673. The first kappa shape index (κ1) is 16.1. The number of ether oxygens (including phenoxy) is 1. The number of benzene rings is 1. The van der Waals surface area contributed by atoms with Crippen molar-refractivity contribution in [3.05, 3.63) is 29.3 Å². The van der Waals surface area contributed by atoms with Gasteiger partial charge in [0, 0.05) is 12.5 Å². The fraction of sp³-hybridized carbons (Fsp3) is 0.625. The standard InChI is InChI=1S/C16H22F3NO/c1-2-9-20-15-7-4-12-11-13(5-6-14(12)15)21-10-3-8-16(17,18)19/h5-6,11,15,20H,2-4,7-10H2,1H3. The maximum absolute atomic E-state index is 12.0. The van der Waals surface area contributed by atoms with Crippen LogP contribution in [0.3, 0.4) is 0 Å². The Hall–Kier alpha value is -1.23. The lowest BCUT2D eigenvalue weighted by Crippen LogP contribution is -2.19. The molecule has 0 bridgehead atoms. The summed E-state index contributed by atoms with van der Waals surface area (Å²) >= 11 is 0. The number of rotatable bonds is 7. The van der Waals surface area contributed by atoms with Crippen molar-refractivity contribution in [2.75, 3.05) is 13.2 Å². The maximum atomic E-state index is 12.0. The van der Waals surface area contributed by atoms with Crippen LogP contribution in [0.5, 0.6) is 5.75 Å². The van der Waals surface area contributed by atoms with Crippen molar-refractivity contribution in [3.63, 3.8) is 0 Å². The first-order valence-electron chi connectivity index (χ1n) is 7.55. The maximum Gasteiger partial charge on any atom is 0.389 e. The minimum Gasteiger partial charge on any atom is -0.494 e. The smallest absolute Gasteiger partial charge is 0.389 e. The van der Waals surface area contributed by atoms with Gasteiger partial charge in [-0.25, -0.2) is 0 Å². The van der Waals surface area contributed by atoms with Crippen LogP contribution >= 0.6 is 0 Å². The third-order valence-corrected chi connectivity index (χ3v) is 3.71. The lowest BCUT2D eigenvalue weighted by atomic mass is 10.1. The van der Waals surface area contributed by atoms with Gasteiger partial charge in [0.25, 0.3) is 0 Å². The molecule has 0 amide bonds. The van der Waals surface area contributed by atoms with E-state index < -0.39 is 12.6 Å². The molecule has 1 atom stereocenters. The fourth-order valence-corrected chi connectivity index (χ4v) is 2.68. The Labute approximate surface area is 123 Å². The summed E-state index contributed by atoms with van der Waals surface area (Å²) in [6.07, 6.45) is -1.71. The summed E-state index contributed by atoms with van der Waals surface area (Å²) in [6, 6.07) is 6.27. The van der Waals surface area contributed by atoms with E-state index in [9.17, 15) is 13.2 Å². The number of nitrogens with one attached hydrogen (secondary N) is 1. The van der Waals surface area contributed by atoms with Crippen LogP contribution in [0.25, 0.3) is 0 Å². The molecule has 0 aromatic heterocycles. The molecule has 1 unspecified atom stereocenters. The molecule has 0 saturated carbocycles. The Morgan fingerprint density at radius 1 is 1.33 bits per heavy atom. The van der Waals surface area contributed by atoms with E-state index >= 15 is 0 Å². The summed E-state index contributed by atoms with van der Waals surface area (Å²) in [7, 11) is 0. The minimum atomic E-state index is -4.10. The van der Waals surface area contributed by atoms with E-state index in [4.69, 9.17) is 4.74 Å². The number of alkyl halides is 3. The third kappa shape index (κ3) is 4.92. The summed E-state index contributed by atoms with van der Waals surface area (Å²) in [6.45, 7) is 3.25. The van der Waals surface area contributed by atoms with Crippen LogP contribution in [-0.4, -0.2) is 19.3 Å². The first-order chi connectivity index (χ1) is 9.99. The second-order valence-electron chi connectivity index (χ2n) is 5.47. The van der Waals surface area contributed by atoms with Gasteiger partial charge in [-0.3, -0.25) is 0 Å². The normalized spacial score (nSPS) is 17.8. The number of aryl methyl sites for hydroxylation is 1. The predicted octanol–water partition coefficient (Wildman–Crippen LogP) is 4.39. The SMILES string of the molecule is CCCNC1CCc2cc(OCCCC(F)(F)F)ccc21. The molecule has 1 N–H and O–H groups in total. The van der Waals surface area contributed by atoms with Crippen LogP contribution in [-0.2, 0) is 6.42 Å². The Balaban J connectivity index is 1.84. The van der Waals surface area contributed by atoms with Crippen molar-refractivity contribution < 1.29 is 17.9 Å². The minimum absolute atomic E-state index is 0.00126. The largest absolute Gasteiger partial charge is 0.494 e. The number of hydrogen-bond donors (Lipinski definition) is 1. The predicted molar refractivity (Wildman–Crippen MR) is 76.6 cm³/mol. The molecule has 21 heavy (non-hydrogen) atoms. The summed E-state index contributed by atoms with van der Waals surface area (Å²) in [5.41, 5.74) is 2.54. The molecular formula is C16H22F3NO. The zero-order valence-electron chi connectivity index (χ0n) is 12.3. The molecular weight excluding hydrogens is 279 g/mol. The second kappa shape index (κ2) is 7.16. The van der Waals surface area contributed by atoms with Gasteiger partial charge in [-0.1, -0.05) is 13.0 Å². The molecule has 0 saturated heterocycles. The number of fused-ring (bicyclic) bond motifs is 1. The van der Waals surface area contributed by atoms with Crippen molar-refractivity contribution in [3.8, 4) is 5.75 Å². The molecule has 0 heterocycles. The van der Waals surface area contributed by atoms with Crippen molar-refractivity contribution in [1.29, 1.82) is 0 Å². The highest BCUT2D eigenvalue weighted by molar-refractivity contribution is 5.40. The fourth-order valence-electron chi connectivity index (χ4n) is 2.68. The lowest BCUT2D eigenvalue weighted by Gasteiger charge is -2.14. The van der Waals surface area contributed by atoms with Gasteiger partial charge in [-0.05, 0) is 55.5 Å². The van der Waals surface area contributed by atoms with Gasteiger partial charge >= 0.3 is 6.18 Å². The van der Waals surface area contributed by atoms with Crippen LogP contribution in [0, 0.1) is 0 Å². The van der Waals surface area contributed by atoms with Gasteiger partial charge in [-0.2, -0.15) is 13.2 Å². The molecule has 2 nitrogen and oxygen atoms in total. The molecule has 1 aliphatic carbocycles. The molecule has 0 radical (unpaired) electrons. The van der Waals surface area contributed by atoms with E-state index in [0.717, 1.165) is 25.8 Å². The highest BCUT2D eigenvalue weighted by Crippen LogP contribution is 2.33. The molecule has 2 rings (SSSR count). The molecule has 0 spiro atoms. The molecule has 1 aliphatic rings. The van der Waals surface area contributed by atoms with E-state index in [2.05, 4.69) is 12.2 Å². The highest BCUT2D eigenvalue weighted by atomic mass is 19.4. The van der Waals surface area contributed by atoms with Crippen molar-refractivity contribution in [2.45, 2.75) is 51.2 Å². The molecule has 1 aromatic rings. The van der Waals surface area contributed by atoms with Crippen LogP contribution in [0.1, 0.15) is 49.8 Å². The van der Waals surface area contributed by atoms with Crippen molar-refractivity contribution in [2.24, 2.45) is 0 Å². The molecule has 0 aliphatic heterocycles. The summed E-state index contributed by atoms with van der Waals surface area (Å²) < 4.78 is 41.6. The van der Waals surface area contributed by atoms with Crippen molar-refractivity contribution in [1.82, 2.24) is 5.32 Å². The van der Waals surface area contributed by atoms with E-state index in [1.54, 1.807) is 0 Å². The zero-order chi connectivity index (χ0) is 15.3. The molecule has 1 aromatic carbocycles. The Morgan fingerprint density at radius 2 is 2.14 bits per heavy atom. The molecule has 118 valence electrons. The third-order valence-electron chi connectivity index (χ3n) is 3.71. The Kier molecular flexibility index (Phi) is 5.51. The summed E-state index contributed by atoms with van der Waals surface area (Å²) in [4.78, 5) is 0. The van der Waals surface area contributed by atoms with Gasteiger partial charge < -0.3 is 10.1 Å². The Bertz CT molecular complexity index is 459. The zero-order valence-corrected chi connectivity index (χ0v) is 12.3. The monoisotopic (exact) mass is 301 g/mol. The highest BCUT2D eigenvalue weighted by Gasteiger charge is 2.26. The van der Waals surface area contributed by atoms with Crippen LogP contribution in [0.4, 0.5) is 13.2 Å². The summed E-state index contributed by atoms with van der Waals surface area (Å²) in [5, 5.41) is 3.51. The van der Waals surface area contributed by atoms with Crippen molar-refractivity contribution >= 4 is 0 Å². The van der Waals surface area contributed by atoms with Crippen LogP contribution in [0.15, 0.2) is 18.2 Å². The van der Waals surface area contributed by atoms with E-state index in [1.807, 2.05) is 18.2 Å². The molecule has 0 fully saturated rings. The quantitative estimate of drug-likeness (QED) is 0.754. The number of hydrogen-bond acceptors (Lipinski definition) is 2. The average Bonchev–Trinajstić information content (AvgIpc) is 2.83. The van der Waals surface area contributed by atoms with Crippen LogP contribution in [0.2, 0.25) is 0 Å². The second-order valence-corrected chi connectivity index (χ2v) is 5.47. The molecule has 5 heteroatoms. The average molecular weight is 301 g/mol. The first-order valence-corrected chi connectivity index (χ1v) is 7.55. The van der Waals surface area contributed by atoms with Gasteiger partial charge in [0.05, 0.1) is 6.61 Å². The van der Waals surface area contributed by atoms with Gasteiger partial charge in [0.2, 0.25) is 0 Å². The van der Waals surface area contributed by atoms with Gasteiger partial charge in [0.15, 0.2) is 0 Å².